The molecule has 0 aliphatic carbocycles. The minimum Gasteiger partial charge on any atom is -0.327 e. The van der Waals surface area contributed by atoms with Crippen LogP contribution in [0, 0.1) is 0 Å². The van der Waals surface area contributed by atoms with Gasteiger partial charge in [-0.1, -0.05) is 0 Å². The predicted octanol–water partition coefficient (Wildman–Crippen LogP) is 1.26. The molecule has 2 N–H and O–H groups in total. The van der Waals surface area contributed by atoms with E-state index in [1.54, 1.807) is 24.3 Å². The van der Waals surface area contributed by atoms with Gasteiger partial charge in [0.2, 0.25) is 0 Å². The van der Waals surface area contributed by atoms with Gasteiger partial charge in [0, 0.05) is 12.4 Å². The first-order valence-electron chi connectivity index (χ1n) is 7.17. The number of nitrogens with one attached hydrogen (secondary N) is 2. The topological polar surface area (TPSA) is 117 Å². The summed E-state index contributed by atoms with van der Waals surface area (Å²) in [5.41, 5.74) is 3.22. The van der Waals surface area contributed by atoms with Crippen LogP contribution >= 0.6 is 0 Å². The number of H-pyrrole nitrogens is 2. The number of benzene rings is 1. The molecule has 0 saturated heterocycles. The van der Waals surface area contributed by atoms with E-state index < -0.39 is 0 Å². The number of nitrogens with zero attached hydrogens (tertiary/aromatic N) is 4. The summed E-state index contributed by atoms with van der Waals surface area (Å²) >= 11 is 0. The number of pyridine rings is 2. The van der Waals surface area contributed by atoms with Crippen molar-refractivity contribution in [2.24, 2.45) is 0 Å². The molecule has 5 aromatic rings. The van der Waals surface area contributed by atoms with Gasteiger partial charge in [0.1, 0.15) is 0 Å². The fraction of sp³-hybridized carbons (Fsp3) is 0. The number of fused-ring (bicyclic) bond motifs is 4. The van der Waals surface area contributed by atoms with Crippen LogP contribution in [0.25, 0.3) is 44.1 Å². The molecule has 0 unspecified atom stereocenters. The van der Waals surface area contributed by atoms with Crippen molar-refractivity contribution in [3.8, 4) is 0 Å². The minimum atomic E-state index is -0.293. The second kappa shape index (κ2) is 4.42. The van der Waals surface area contributed by atoms with Crippen molar-refractivity contribution in [1.82, 2.24) is 29.9 Å². The van der Waals surface area contributed by atoms with Crippen LogP contribution in [0.5, 0.6) is 0 Å². The Kier molecular flexibility index (Phi) is 2.36. The first-order valence-corrected chi connectivity index (χ1v) is 7.17. The number of aromatic nitrogens is 6. The van der Waals surface area contributed by atoms with E-state index in [9.17, 15) is 9.59 Å². The van der Waals surface area contributed by atoms with Crippen molar-refractivity contribution in [3.63, 3.8) is 0 Å². The van der Waals surface area contributed by atoms with Crippen LogP contribution in [-0.2, 0) is 0 Å². The van der Waals surface area contributed by atoms with E-state index in [0.29, 0.717) is 33.1 Å². The van der Waals surface area contributed by atoms with Crippen LogP contribution in [0.1, 0.15) is 0 Å². The second-order valence-corrected chi connectivity index (χ2v) is 5.36. The van der Waals surface area contributed by atoms with Gasteiger partial charge in [-0.2, -0.15) is 0 Å². The summed E-state index contributed by atoms with van der Waals surface area (Å²) in [6.07, 6.45) is 3.05. The molecule has 0 aliphatic heterocycles. The van der Waals surface area contributed by atoms with Gasteiger partial charge in [-0.3, -0.25) is 9.59 Å². The third-order valence-electron chi connectivity index (χ3n) is 3.84. The van der Waals surface area contributed by atoms with Crippen molar-refractivity contribution < 1.29 is 0 Å². The highest BCUT2D eigenvalue weighted by Gasteiger charge is 2.09. The highest BCUT2D eigenvalue weighted by molar-refractivity contribution is 5.96. The molecule has 8 heteroatoms. The van der Waals surface area contributed by atoms with Gasteiger partial charge >= 0.3 is 0 Å². The zero-order chi connectivity index (χ0) is 16.3. The third kappa shape index (κ3) is 1.73. The Hall–Kier alpha value is -3.68. The molecule has 0 amide bonds. The summed E-state index contributed by atoms with van der Waals surface area (Å²) in [7, 11) is 0. The molecule has 0 spiro atoms. The van der Waals surface area contributed by atoms with Crippen molar-refractivity contribution in [1.29, 1.82) is 0 Å². The van der Waals surface area contributed by atoms with Crippen LogP contribution in [0.3, 0.4) is 0 Å². The van der Waals surface area contributed by atoms with Crippen molar-refractivity contribution in [2.45, 2.75) is 0 Å². The molecule has 8 nitrogen and oxygen atoms in total. The maximum Gasteiger partial charge on any atom is 0.276 e. The Bertz CT molecular complexity index is 1290. The first-order chi connectivity index (χ1) is 11.7. The van der Waals surface area contributed by atoms with Crippen LogP contribution in [0.2, 0.25) is 0 Å². The lowest BCUT2D eigenvalue weighted by Crippen LogP contribution is -2.08. The fourth-order valence-electron chi connectivity index (χ4n) is 2.73. The van der Waals surface area contributed by atoms with E-state index in [0.717, 1.165) is 0 Å². The SMILES string of the molecule is O=c1[nH]ccc2nc3cc4nc5c(=O)[nH]ccc5nc4cc3nc12. The highest BCUT2D eigenvalue weighted by atomic mass is 16.1. The molecule has 114 valence electrons. The van der Waals surface area contributed by atoms with E-state index in [2.05, 4.69) is 29.9 Å². The average Bonchev–Trinajstić information content (AvgIpc) is 2.58. The van der Waals surface area contributed by atoms with Crippen molar-refractivity contribution >= 4 is 44.1 Å². The summed E-state index contributed by atoms with van der Waals surface area (Å²) in [6, 6.07) is 6.81. The Labute approximate surface area is 132 Å². The summed E-state index contributed by atoms with van der Waals surface area (Å²) < 4.78 is 0. The molecule has 0 fully saturated rings. The second-order valence-electron chi connectivity index (χ2n) is 5.36. The van der Waals surface area contributed by atoms with E-state index >= 15 is 0 Å². The third-order valence-corrected chi connectivity index (χ3v) is 3.84. The van der Waals surface area contributed by atoms with Gasteiger partial charge < -0.3 is 9.97 Å². The van der Waals surface area contributed by atoms with Crippen LogP contribution in [0.15, 0.2) is 46.2 Å². The number of hydrogen-bond acceptors (Lipinski definition) is 6. The summed E-state index contributed by atoms with van der Waals surface area (Å²) in [6.45, 7) is 0. The summed E-state index contributed by atoms with van der Waals surface area (Å²) in [5.74, 6) is 0. The van der Waals surface area contributed by atoms with E-state index in [4.69, 9.17) is 0 Å². The molecule has 5 rings (SSSR count). The molecule has 0 saturated carbocycles. The lowest BCUT2D eigenvalue weighted by molar-refractivity contribution is 1.22. The zero-order valence-electron chi connectivity index (χ0n) is 12.1. The largest absolute Gasteiger partial charge is 0.327 e. The first kappa shape index (κ1) is 12.8. The Morgan fingerprint density at radius 2 is 1.00 bits per heavy atom. The Morgan fingerprint density at radius 3 is 1.46 bits per heavy atom. The summed E-state index contributed by atoms with van der Waals surface area (Å²) in [5, 5.41) is 0. The smallest absolute Gasteiger partial charge is 0.276 e. The number of hydrogen-bond donors (Lipinski definition) is 2. The molecule has 4 aromatic heterocycles. The molecule has 0 bridgehead atoms. The normalized spacial score (nSPS) is 11.7. The molecule has 0 aliphatic rings. The van der Waals surface area contributed by atoms with Gasteiger partial charge in [0.25, 0.3) is 11.1 Å². The lowest BCUT2D eigenvalue weighted by Gasteiger charge is -2.03. The number of aromatic amines is 2. The van der Waals surface area contributed by atoms with Gasteiger partial charge in [0.05, 0.1) is 33.1 Å². The van der Waals surface area contributed by atoms with E-state index in [1.807, 2.05) is 0 Å². The monoisotopic (exact) mass is 316 g/mol. The van der Waals surface area contributed by atoms with Gasteiger partial charge in [-0.15, -0.1) is 0 Å². The Balaban J connectivity index is 1.96. The maximum absolute atomic E-state index is 11.9. The molecular weight excluding hydrogens is 308 g/mol. The number of rotatable bonds is 0. The average molecular weight is 316 g/mol. The molecule has 1 aromatic carbocycles. The van der Waals surface area contributed by atoms with Gasteiger partial charge in [-0.25, -0.2) is 19.9 Å². The lowest BCUT2D eigenvalue weighted by atomic mass is 10.2. The maximum atomic E-state index is 11.9. The van der Waals surface area contributed by atoms with Crippen molar-refractivity contribution in [3.05, 3.63) is 57.4 Å². The summed E-state index contributed by atoms with van der Waals surface area (Å²) in [4.78, 5) is 46.6. The van der Waals surface area contributed by atoms with Crippen LogP contribution < -0.4 is 11.1 Å². The van der Waals surface area contributed by atoms with E-state index in [1.165, 1.54) is 12.4 Å². The van der Waals surface area contributed by atoms with Gasteiger partial charge in [-0.05, 0) is 24.3 Å². The standard InChI is InChI=1S/C16H8N6O2/c23-15-13-7(1-3-17-15)19-9-5-12-10(6-11(9)21-13)20-8-2-4-18-16(24)14(8)22-12/h1-6H,(H,17,23)(H,18,24). The van der Waals surface area contributed by atoms with Crippen LogP contribution in [-0.4, -0.2) is 29.9 Å². The highest BCUT2D eigenvalue weighted by Crippen LogP contribution is 2.20. The molecule has 0 radical (unpaired) electrons. The molecule has 0 atom stereocenters. The quantitative estimate of drug-likeness (QED) is 0.415. The molecule has 4 heterocycles. The molecular formula is C16H8N6O2. The van der Waals surface area contributed by atoms with Gasteiger partial charge in [0.15, 0.2) is 11.0 Å². The molecule has 24 heavy (non-hydrogen) atoms. The van der Waals surface area contributed by atoms with E-state index in [-0.39, 0.29) is 22.2 Å². The zero-order valence-corrected chi connectivity index (χ0v) is 12.1. The fourth-order valence-corrected chi connectivity index (χ4v) is 2.73. The minimum absolute atomic E-state index is 0.273. The van der Waals surface area contributed by atoms with Crippen molar-refractivity contribution in [2.75, 3.05) is 0 Å². The Morgan fingerprint density at radius 1 is 0.583 bits per heavy atom. The predicted molar refractivity (Wildman–Crippen MR) is 88.9 cm³/mol. The van der Waals surface area contributed by atoms with Crippen LogP contribution in [0.4, 0.5) is 0 Å².